The van der Waals surface area contributed by atoms with E-state index in [1.54, 1.807) is 0 Å². The third kappa shape index (κ3) is 8.77. The number of carbonyl (C=O) groups is 1. The highest BCUT2D eigenvalue weighted by atomic mass is 127. The summed E-state index contributed by atoms with van der Waals surface area (Å²) >= 11 is 0. The van der Waals surface area contributed by atoms with Gasteiger partial charge in [0.15, 0.2) is 5.96 Å². The van der Waals surface area contributed by atoms with Crippen molar-refractivity contribution in [3.63, 3.8) is 0 Å². The topological polar surface area (TPSA) is 69.2 Å². The molecule has 2 N–H and O–H groups in total. The van der Waals surface area contributed by atoms with Gasteiger partial charge in [-0.15, -0.1) is 24.0 Å². The molecule has 2 aliphatic rings. The zero-order valence-electron chi connectivity index (χ0n) is 20.0. The lowest BCUT2D eigenvalue weighted by molar-refractivity contribution is 0.0162. The fraction of sp³-hybridized carbons (Fsp3) is 0.909. The maximum atomic E-state index is 12.3. The lowest BCUT2D eigenvalue weighted by Crippen LogP contribution is -2.47. The monoisotopic (exact) mass is 537 g/mol. The van der Waals surface area contributed by atoms with Gasteiger partial charge in [-0.3, -0.25) is 9.89 Å². The van der Waals surface area contributed by atoms with Crippen LogP contribution in [0.25, 0.3) is 0 Å². The first kappa shape index (κ1) is 27.3. The Morgan fingerprint density at radius 2 is 1.93 bits per heavy atom. The minimum absolute atomic E-state index is 0. The number of amides is 1. The molecule has 176 valence electrons. The van der Waals surface area contributed by atoms with E-state index in [0.29, 0.717) is 23.9 Å². The van der Waals surface area contributed by atoms with Gasteiger partial charge in [0.05, 0.1) is 0 Å². The van der Waals surface area contributed by atoms with Gasteiger partial charge in [-0.2, -0.15) is 0 Å². The average molecular weight is 538 g/mol. The van der Waals surface area contributed by atoms with Crippen LogP contribution in [0.5, 0.6) is 0 Å². The van der Waals surface area contributed by atoms with Crippen molar-refractivity contribution in [1.29, 1.82) is 0 Å². The zero-order valence-corrected chi connectivity index (χ0v) is 22.4. The number of hydrogen-bond donors (Lipinski definition) is 2. The molecule has 3 atom stereocenters. The van der Waals surface area contributed by atoms with Gasteiger partial charge in [0, 0.05) is 51.9 Å². The third-order valence-electron chi connectivity index (χ3n) is 5.93. The molecule has 2 heterocycles. The van der Waals surface area contributed by atoms with Crippen molar-refractivity contribution in [1.82, 2.24) is 20.4 Å². The summed E-state index contributed by atoms with van der Waals surface area (Å²) in [6.07, 6.45) is 3.05. The van der Waals surface area contributed by atoms with Gasteiger partial charge in [-0.25, -0.2) is 4.79 Å². The van der Waals surface area contributed by atoms with Gasteiger partial charge in [-0.1, -0.05) is 6.92 Å². The highest BCUT2D eigenvalue weighted by Gasteiger charge is 2.31. The Kier molecular flexibility index (Phi) is 11.2. The molecule has 0 radical (unpaired) electrons. The average Bonchev–Trinajstić information content (AvgIpc) is 3.00. The number of guanidine groups is 1. The van der Waals surface area contributed by atoms with E-state index in [1.165, 1.54) is 0 Å². The molecule has 2 fully saturated rings. The first-order valence-corrected chi connectivity index (χ1v) is 11.3. The van der Waals surface area contributed by atoms with Crippen molar-refractivity contribution < 1.29 is 9.53 Å². The van der Waals surface area contributed by atoms with Crippen molar-refractivity contribution in [2.24, 2.45) is 16.8 Å². The highest BCUT2D eigenvalue weighted by molar-refractivity contribution is 14.0. The van der Waals surface area contributed by atoms with E-state index in [0.717, 1.165) is 57.9 Å². The van der Waals surface area contributed by atoms with E-state index in [9.17, 15) is 4.79 Å². The van der Waals surface area contributed by atoms with Crippen LogP contribution in [0.15, 0.2) is 4.99 Å². The molecule has 0 aromatic heterocycles. The van der Waals surface area contributed by atoms with Gasteiger partial charge in [0.25, 0.3) is 0 Å². The highest BCUT2D eigenvalue weighted by Crippen LogP contribution is 2.22. The van der Waals surface area contributed by atoms with Crippen molar-refractivity contribution in [3.05, 3.63) is 0 Å². The zero-order chi connectivity index (χ0) is 21.6. The summed E-state index contributed by atoms with van der Waals surface area (Å²) in [6, 6.07) is 1.01. The standard InChI is InChI=1S/C22H43N5O2.HI/c1-16(2)27-13-17(3)19(15-27)25-20(23-7)24-11-10-18-9-8-12-26(14-18)21(28)29-22(4,5)6;/h16-19H,8-15H2,1-7H3,(H2,23,24,25);1H. The van der Waals surface area contributed by atoms with Crippen LogP contribution >= 0.6 is 24.0 Å². The molecule has 7 nitrogen and oxygen atoms in total. The number of hydrogen-bond acceptors (Lipinski definition) is 4. The second kappa shape index (κ2) is 12.3. The van der Waals surface area contributed by atoms with Crippen LogP contribution in [0.1, 0.15) is 60.8 Å². The number of halogens is 1. The van der Waals surface area contributed by atoms with Gasteiger partial charge < -0.3 is 20.3 Å². The molecule has 0 aliphatic carbocycles. The van der Waals surface area contributed by atoms with Crippen LogP contribution < -0.4 is 10.6 Å². The number of carbonyl (C=O) groups excluding carboxylic acids is 1. The molecule has 0 bridgehead atoms. The predicted molar refractivity (Wildman–Crippen MR) is 135 cm³/mol. The summed E-state index contributed by atoms with van der Waals surface area (Å²) in [7, 11) is 1.83. The Balaban J connectivity index is 0.00000450. The van der Waals surface area contributed by atoms with Crippen LogP contribution in [0.4, 0.5) is 4.79 Å². The molecule has 3 unspecified atom stereocenters. The number of likely N-dealkylation sites (tertiary alicyclic amines) is 2. The quantitative estimate of drug-likeness (QED) is 0.319. The van der Waals surface area contributed by atoms with E-state index >= 15 is 0 Å². The summed E-state index contributed by atoms with van der Waals surface area (Å²) in [6.45, 7) is 17.2. The van der Waals surface area contributed by atoms with Crippen molar-refractivity contribution in [3.8, 4) is 0 Å². The molecule has 0 saturated carbocycles. The Hall–Kier alpha value is -0.770. The van der Waals surface area contributed by atoms with Gasteiger partial charge >= 0.3 is 6.09 Å². The minimum Gasteiger partial charge on any atom is -0.444 e. The van der Waals surface area contributed by atoms with Crippen molar-refractivity contribution >= 4 is 36.0 Å². The van der Waals surface area contributed by atoms with E-state index in [1.807, 2.05) is 32.7 Å². The molecule has 8 heteroatoms. The van der Waals surface area contributed by atoms with E-state index in [4.69, 9.17) is 4.74 Å². The largest absolute Gasteiger partial charge is 0.444 e. The van der Waals surface area contributed by atoms with Crippen molar-refractivity contribution in [2.75, 3.05) is 39.8 Å². The Morgan fingerprint density at radius 3 is 2.50 bits per heavy atom. The van der Waals surface area contributed by atoms with Gasteiger partial charge in [0.2, 0.25) is 0 Å². The predicted octanol–water partition coefficient (Wildman–Crippen LogP) is 3.54. The fourth-order valence-electron chi connectivity index (χ4n) is 4.17. The Bertz CT molecular complexity index is 564. The Labute approximate surface area is 200 Å². The molecule has 2 aliphatic heterocycles. The number of ether oxygens (including phenoxy) is 1. The number of nitrogens with one attached hydrogen (secondary N) is 2. The van der Waals surface area contributed by atoms with E-state index in [-0.39, 0.29) is 30.1 Å². The van der Waals surface area contributed by atoms with Crippen LogP contribution in [-0.2, 0) is 4.74 Å². The molecule has 1 amide bonds. The Morgan fingerprint density at radius 1 is 1.23 bits per heavy atom. The lowest BCUT2D eigenvalue weighted by atomic mass is 9.95. The van der Waals surface area contributed by atoms with Crippen LogP contribution in [0.3, 0.4) is 0 Å². The molecule has 0 aromatic rings. The first-order chi connectivity index (χ1) is 13.6. The second-order valence-electron chi connectivity index (χ2n) is 10.00. The van der Waals surface area contributed by atoms with Gasteiger partial charge in [0.1, 0.15) is 5.60 Å². The maximum Gasteiger partial charge on any atom is 0.410 e. The molecular weight excluding hydrogens is 493 g/mol. The van der Waals surface area contributed by atoms with Crippen LogP contribution in [-0.4, -0.2) is 79.3 Å². The number of rotatable bonds is 5. The molecule has 2 saturated heterocycles. The van der Waals surface area contributed by atoms with Crippen molar-refractivity contribution in [2.45, 2.75) is 78.5 Å². The first-order valence-electron chi connectivity index (χ1n) is 11.3. The summed E-state index contributed by atoms with van der Waals surface area (Å²) in [5.74, 6) is 1.99. The number of aliphatic imine (C=N–C) groups is 1. The van der Waals surface area contributed by atoms with E-state index < -0.39 is 5.60 Å². The maximum absolute atomic E-state index is 12.3. The normalized spacial score (nSPS) is 25.8. The smallest absolute Gasteiger partial charge is 0.410 e. The molecule has 0 spiro atoms. The fourth-order valence-corrected chi connectivity index (χ4v) is 4.17. The number of nitrogens with zero attached hydrogens (tertiary/aromatic N) is 3. The van der Waals surface area contributed by atoms with Crippen LogP contribution in [0, 0.1) is 11.8 Å². The summed E-state index contributed by atoms with van der Waals surface area (Å²) < 4.78 is 5.53. The SMILES string of the molecule is CN=C(NCCC1CCCN(C(=O)OC(C)(C)C)C1)NC1CN(C(C)C)CC1C.I. The van der Waals surface area contributed by atoms with E-state index in [2.05, 4.69) is 41.3 Å². The van der Waals surface area contributed by atoms with Gasteiger partial charge in [-0.05, 0) is 65.7 Å². The number of piperidine rings is 1. The summed E-state index contributed by atoms with van der Waals surface area (Å²) in [5, 5.41) is 7.08. The molecule has 30 heavy (non-hydrogen) atoms. The molecule has 2 rings (SSSR count). The lowest BCUT2D eigenvalue weighted by Gasteiger charge is -2.34. The summed E-state index contributed by atoms with van der Waals surface area (Å²) in [4.78, 5) is 21.1. The minimum atomic E-state index is -0.438. The van der Waals surface area contributed by atoms with Crippen LogP contribution in [0.2, 0.25) is 0 Å². The molecular formula is C22H44IN5O2. The second-order valence-corrected chi connectivity index (χ2v) is 10.00. The third-order valence-corrected chi connectivity index (χ3v) is 5.93. The summed E-state index contributed by atoms with van der Waals surface area (Å²) in [5.41, 5.74) is -0.438. The molecule has 0 aromatic carbocycles.